The first-order chi connectivity index (χ1) is 15.9. The van der Waals surface area contributed by atoms with E-state index in [1.807, 2.05) is 30.1 Å². The molecule has 11 heteroatoms. The fourth-order valence-corrected chi connectivity index (χ4v) is 4.78. The molecular formula is C22H22ClN5O4S. The smallest absolute Gasteiger partial charge is 0.262 e. The van der Waals surface area contributed by atoms with Crippen LogP contribution in [0, 0.1) is 18.4 Å². The second kappa shape index (κ2) is 9.89. The van der Waals surface area contributed by atoms with Crippen molar-refractivity contribution in [1.82, 2.24) is 5.32 Å². The van der Waals surface area contributed by atoms with Crippen molar-refractivity contribution in [2.75, 3.05) is 43.2 Å². The number of carbonyl (C=O) groups is 2. The summed E-state index contributed by atoms with van der Waals surface area (Å²) in [6, 6.07) is 8.76. The van der Waals surface area contributed by atoms with Crippen molar-refractivity contribution >= 4 is 52.0 Å². The molecule has 2 N–H and O–H groups in total. The van der Waals surface area contributed by atoms with Gasteiger partial charge in [-0.3, -0.25) is 9.59 Å². The lowest BCUT2D eigenvalue weighted by Crippen LogP contribution is -2.57. The molecule has 2 fully saturated rings. The van der Waals surface area contributed by atoms with Crippen molar-refractivity contribution < 1.29 is 19.1 Å². The predicted octanol–water partition coefficient (Wildman–Crippen LogP) is 2.95. The average molecular weight is 488 g/mol. The second-order valence-electron chi connectivity index (χ2n) is 7.73. The van der Waals surface area contributed by atoms with Crippen LogP contribution >= 0.6 is 22.9 Å². The minimum absolute atomic E-state index is 0.0858. The zero-order valence-electron chi connectivity index (χ0n) is 17.9. The Morgan fingerprint density at radius 3 is 2.79 bits per heavy atom. The largest absolute Gasteiger partial charge is 0.378 e. The highest BCUT2D eigenvalue weighted by molar-refractivity contribution is 7.18. The van der Waals surface area contributed by atoms with E-state index < -0.39 is 5.54 Å². The fourth-order valence-electron chi connectivity index (χ4n) is 3.84. The number of benzene rings is 1. The Labute approximate surface area is 199 Å². The number of amidine groups is 1. The Morgan fingerprint density at radius 2 is 2.12 bits per heavy atom. The summed E-state index contributed by atoms with van der Waals surface area (Å²) in [7, 11) is 0. The highest BCUT2D eigenvalue weighted by atomic mass is 35.5. The molecule has 0 spiro atoms. The highest BCUT2D eigenvalue weighted by Gasteiger charge is 2.44. The van der Waals surface area contributed by atoms with Crippen LogP contribution < -0.4 is 15.5 Å². The molecule has 33 heavy (non-hydrogen) atoms. The van der Waals surface area contributed by atoms with Crippen LogP contribution in [0.25, 0.3) is 0 Å². The van der Waals surface area contributed by atoms with Gasteiger partial charge in [0.1, 0.15) is 18.0 Å². The first-order valence-electron chi connectivity index (χ1n) is 10.3. The Morgan fingerprint density at radius 1 is 1.27 bits per heavy atom. The van der Waals surface area contributed by atoms with Crippen LogP contribution in [0.1, 0.15) is 21.7 Å². The van der Waals surface area contributed by atoms with Gasteiger partial charge in [-0.1, -0.05) is 11.6 Å². The molecule has 1 unspecified atom stereocenters. The van der Waals surface area contributed by atoms with E-state index in [0.29, 0.717) is 46.9 Å². The zero-order chi connectivity index (χ0) is 23.4. The number of nitrogens with one attached hydrogen (secondary N) is 2. The maximum Gasteiger partial charge on any atom is 0.262 e. The van der Waals surface area contributed by atoms with E-state index in [4.69, 9.17) is 26.3 Å². The topological polar surface area (TPSA) is 116 Å². The van der Waals surface area contributed by atoms with Gasteiger partial charge < -0.3 is 25.0 Å². The summed E-state index contributed by atoms with van der Waals surface area (Å²) in [6.07, 6.45) is 2.18. The van der Waals surface area contributed by atoms with E-state index in [1.165, 1.54) is 0 Å². The summed E-state index contributed by atoms with van der Waals surface area (Å²) in [5, 5.41) is 14.7. The molecule has 2 aromatic rings. The van der Waals surface area contributed by atoms with Crippen molar-refractivity contribution in [3.05, 3.63) is 45.1 Å². The number of morpholine rings is 1. The molecule has 0 aliphatic carbocycles. The van der Waals surface area contributed by atoms with Gasteiger partial charge in [-0.2, -0.15) is 10.3 Å². The van der Waals surface area contributed by atoms with Crippen molar-refractivity contribution in [1.29, 1.82) is 5.26 Å². The van der Waals surface area contributed by atoms with Crippen LogP contribution in [0.15, 0.2) is 35.3 Å². The van der Waals surface area contributed by atoms with Crippen LogP contribution in [-0.4, -0.2) is 56.2 Å². The molecule has 9 nitrogen and oxygen atoms in total. The summed E-state index contributed by atoms with van der Waals surface area (Å²) >= 11 is 7.09. The molecule has 2 saturated heterocycles. The summed E-state index contributed by atoms with van der Waals surface area (Å²) in [5.41, 5.74) is 1.20. The number of rotatable bonds is 5. The number of nitrogens with zero attached hydrogens (tertiary/aromatic N) is 3. The van der Waals surface area contributed by atoms with E-state index in [9.17, 15) is 9.59 Å². The van der Waals surface area contributed by atoms with E-state index in [1.54, 1.807) is 18.2 Å². The fraction of sp³-hybridized carbons (Fsp3) is 0.364. The quantitative estimate of drug-likeness (QED) is 0.626. The second-order valence-corrected chi connectivity index (χ2v) is 9.45. The maximum absolute atomic E-state index is 13.2. The number of thiophene rings is 1. The molecule has 0 bridgehead atoms. The number of amides is 2. The Hall–Kier alpha value is -2.97. The number of hydrogen-bond donors (Lipinski definition) is 2. The predicted molar refractivity (Wildman–Crippen MR) is 126 cm³/mol. The van der Waals surface area contributed by atoms with Crippen LogP contribution in [0.3, 0.4) is 0 Å². The molecule has 2 amide bonds. The number of nitriles is 1. The SMILES string of the molecule is Cc1cc(NC(=O)C2(NC(=O)c3ccc(Cl)s3)CCOC2)ccc1N1CCOC/C1=N/C#N. The lowest BCUT2D eigenvalue weighted by molar-refractivity contribution is -0.122. The van der Waals surface area contributed by atoms with Crippen LogP contribution in [-0.2, 0) is 14.3 Å². The molecule has 1 aromatic heterocycles. The normalized spacial score (nSPS) is 21.6. The molecule has 0 saturated carbocycles. The zero-order valence-corrected chi connectivity index (χ0v) is 19.5. The third kappa shape index (κ3) is 5.02. The summed E-state index contributed by atoms with van der Waals surface area (Å²) < 4.78 is 11.4. The van der Waals surface area contributed by atoms with Gasteiger partial charge >= 0.3 is 0 Å². The Balaban J connectivity index is 1.51. The van der Waals surface area contributed by atoms with Crippen molar-refractivity contribution in [2.45, 2.75) is 18.9 Å². The minimum Gasteiger partial charge on any atom is -0.378 e. The Bertz CT molecular complexity index is 1140. The first kappa shape index (κ1) is 23.2. The third-order valence-electron chi connectivity index (χ3n) is 5.53. The standard InChI is InChI=1S/C22H22ClN5O4S/c1-14-10-15(2-3-16(14)28-7-9-31-11-19(28)25-13-24)26-21(30)22(6-8-32-12-22)27-20(29)17-4-5-18(23)33-17/h2-5,10H,6-9,11-12H2,1H3,(H,26,30)(H,27,29)/b25-19-. The number of halogens is 1. The van der Waals surface area contributed by atoms with Gasteiger partial charge in [-0.25, -0.2) is 0 Å². The number of hydrogen-bond acceptors (Lipinski definition) is 7. The molecule has 1 atom stereocenters. The van der Waals surface area contributed by atoms with Crippen LogP contribution in [0.2, 0.25) is 4.34 Å². The number of aliphatic imine (C=N–C) groups is 1. The average Bonchev–Trinajstić information content (AvgIpc) is 3.45. The van der Waals surface area contributed by atoms with E-state index in [-0.39, 0.29) is 25.0 Å². The minimum atomic E-state index is -1.17. The number of aryl methyl sites for hydroxylation is 1. The van der Waals surface area contributed by atoms with Gasteiger partial charge in [0.15, 0.2) is 0 Å². The summed E-state index contributed by atoms with van der Waals surface area (Å²) in [6.45, 7) is 3.74. The van der Waals surface area contributed by atoms with Gasteiger partial charge in [-0.05, 0) is 42.8 Å². The lowest BCUT2D eigenvalue weighted by atomic mass is 9.96. The van der Waals surface area contributed by atoms with Gasteiger partial charge in [0, 0.05) is 30.9 Å². The Kier molecular flexibility index (Phi) is 6.95. The molecule has 2 aliphatic rings. The van der Waals surface area contributed by atoms with E-state index >= 15 is 0 Å². The first-order valence-corrected chi connectivity index (χ1v) is 11.5. The van der Waals surface area contributed by atoms with Gasteiger partial charge in [0.25, 0.3) is 11.8 Å². The monoisotopic (exact) mass is 487 g/mol. The number of ether oxygens (including phenoxy) is 2. The van der Waals surface area contributed by atoms with Crippen molar-refractivity contribution in [3.8, 4) is 6.19 Å². The summed E-state index contributed by atoms with van der Waals surface area (Å²) in [5.74, 6) is -0.168. The van der Waals surface area contributed by atoms with Crippen LogP contribution in [0.4, 0.5) is 11.4 Å². The van der Waals surface area contributed by atoms with Gasteiger partial charge in [0.05, 0.1) is 22.4 Å². The number of carbonyl (C=O) groups excluding carboxylic acids is 2. The molecule has 2 aliphatic heterocycles. The summed E-state index contributed by atoms with van der Waals surface area (Å²) in [4.78, 5) is 32.2. The maximum atomic E-state index is 13.2. The van der Waals surface area contributed by atoms with E-state index in [0.717, 1.165) is 22.6 Å². The van der Waals surface area contributed by atoms with Gasteiger partial charge in [0.2, 0.25) is 6.19 Å². The molecule has 0 radical (unpaired) electrons. The van der Waals surface area contributed by atoms with Crippen molar-refractivity contribution in [3.63, 3.8) is 0 Å². The van der Waals surface area contributed by atoms with Crippen molar-refractivity contribution in [2.24, 2.45) is 4.99 Å². The lowest BCUT2D eigenvalue weighted by Gasteiger charge is -2.31. The molecule has 1 aromatic carbocycles. The third-order valence-corrected chi connectivity index (χ3v) is 6.76. The molecule has 3 heterocycles. The molecular weight excluding hydrogens is 466 g/mol. The van der Waals surface area contributed by atoms with Crippen LogP contribution in [0.5, 0.6) is 0 Å². The molecule has 4 rings (SSSR count). The molecule has 172 valence electrons. The number of anilines is 2. The highest BCUT2D eigenvalue weighted by Crippen LogP contribution is 2.28. The van der Waals surface area contributed by atoms with E-state index in [2.05, 4.69) is 15.6 Å². The van der Waals surface area contributed by atoms with Gasteiger partial charge in [-0.15, -0.1) is 11.3 Å².